The van der Waals surface area contributed by atoms with E-state index < -0.39 is 17.7 Å². The molecule has 0 aliphatic carbocycles. The molecular weight excluding hydrogens is 279 g/mol. The van der Waals surface area contributed by atoms with Gasteiger partial charge in [0.1, 0.15) is 11.6 Å². The summed E-state index contributed by atoms with van der Waals surface area (Å²) in [7, 11) is 1.17. The van der Waals surface area contributed by atoms with Crippen LogP contribution in [0.15, 0.2) is 34.7 Å². The van der Waals surface area contributed by atoms with Gasteiger partial charge in [-0.15, -0.1) is 0 Å². The lowest BCUT2D eigenvalue weighted by Gasteiger charge is -2.08. The first-order valence-corrected chi connectivity index (χ1v) is 6.03. The van der Waals surface area contributed by atoms with Crippen molar-refractivity contribution in [3.63, 3.8) is 0 Å². The van der Waals surface area contributed by atoms with Crippen LogP contribution < -0.4 is 11.1 Å². The molecule has 21 heavy (non-hydrogen) atoms. The fraction of sp³-hybridized carbons (Fsp3) is 0.143. The van der Waals surface area contributed by atoms with Crippen LogP contribution in [-0.4, -0.2) is 19.0 Å². The number of anilines is 1. The fourth-order valence-corrected chi connectivity index (χ4v) is 1.70. The number of nitrogens with one attached hydrogen (secondary N) is 1. The Kier molecular flexibility index (Phi) is 4.34. The largest absolute Gasteiger partial charge is 0.465 e. The highest BCUT2D eigenvalue weighted by atomic mass is 19.1. The highest BCUT2D eigenvalue weighted by Crippen LogP contribution is 2.19. The summed E-state index contributed by atoms with van der Waals surface area (Å²) in [5, 5.41) is 2.47. The number of hydrogen-bond acceptors (Lipinski definition) is 5. The molecular formula is C14H13FN2O4. The molecule has 0 saturated heterocycles. The Bertz CT molecular complexity index is 681. The number of methoxy groups -OCH3 is 1. The number of amides is 1. The number of carbonyl (C=O) groups excluding carboxylic acids is 2. The van der Waals surface area contributed by atoms with Gasteiger partial charge in [-0.3, -0.25) is 4.79 Å². The van der Waals surface area contributed by atoms with E-state index in [1.54, 1.807) is 6.07 Å². The lowest BCUT2D eigenvalue weighted by atomic mass is 10.1. The van der Waals surface area contributed by atoms with Crippen LogP contribution >= 0.6 is 0 Å². The SMILES string of the molecule is COC(=O)c1cc(F)ccc1NC(=O)c1ccc(CN)o1. The molecule has 2 rings (SSSR count). The molecule has 6 nitrogen and oxygen atoms in total. The third-order valence-corrected chi connectivity index (χ3v) is 2.72. The number of carbonyl (C=O) groups is 2. The zero-order valence-corrected chi connectivity index (χ0v) is 11.2. The summed E-state index contributed by atoms with van der Waals surface area (Å²) in [6, 6.07) is 6.40. The quantitative estimate of drug-likeness (QED) is 0.839. The summed E-state index contributed by atoms with van der Waals surface area (Å²) in [6.07, 6.45) is 0. The molecule has 0 unspecified atom stereocenters. The molecule has 0 saturated carbocycles. The van der Waals surface area contributed by atoms with Gasteiger partial charge < -0.3 is 20.2 Å². The minimum Gasteiger partial charge on any atom is -0.465 e. The van der Waals surface area contributed by atoms with Crippen molar-refractivity contribution in [1.82, 2.24) is 0 Å². The van der Waals surface area contributed by atoms with Crippen LogP contribution in [0.5, 0.6) is 0 Å². The maximum Gasteiger partial charge on any atom is 0.340 e. The highest BCUT2D eigenvalue weighted by Gasteiger charge is 2.17. The van der Waals surface area contributed by atoms with E-state index in [9.17, 15) is 14.0 Å². The number of hydrogen-bond donors (Lipinski definition) is 2. The molecule has 110 valence electrons. The third-order valence-electron chi connectivity index (χ3n) is 2.72. The van der Waals surface area contributed by atoms with Crippen molar-refractivity contribution in [2.75, 3.05) is 12.4 Å². The van der Waals surface area contributed by atoms with E-state index in [0.717, 1.165) is 12.1 Å². The van der Waals surface area contributed by atoms with Gasteiger partial charge in [0.05, 0.1) is 24.9 Å². The van der Waals surface area contributed by atoms with Crippen LogP contribution in [-0.2, 0) is 11.3 Å². The van der Waals surface area contributed by atoms with Crippen LogP contribution in [0.3, 0.4) is 0 Å². The lowest BCUT2D eigenvalue weighted by molar-refractivity contribution is 0.0601. The average molecular weight is 292 g/mol. The Labute approximate surface area is 119 Å². The van der Waals surface area contributed by atoms with Gasteiger partial charge in [0.15, 0.2) is 5.76 Å². The predicted octanol–water partition coefficient (Wildman–Crippen LogP) is 1.92. The van der Waals surface area contributed by atoms with Crippen molar-refractivity contribution in [3.05, 3.63) is 53.2 Å². The summed E-state index contributed by atoms with van der Waals surface area (Å²) < 4.78 is 22.9. The van der Waals surface area contributed by atoms with E-state index in [2.05, 4.69) is 10.1 Å². The Morgan fingerprint density at radius 2 is 2.10 bits per heavy atom. The van der Waals surface area contributed by atoms with Gasteiger partial charge in [-0.2, -0.15) is 0 Å². The first-order chi connectivity index (χ1) is 10.0. The molecule has 2 aromatic rings. The zero-order valence-electron chi connectivity index (χ0n) is 11.2. The van der Waals surface area contributed by atoms with E-state index in [0.29, 0.717) is 5.76 Å². The topological polar surface area (TPSA) is 94.6 Å². The first kappa shape index (κ1) is 14.7. The Morgan fingerprint density at radius 3 is 2.71 bits per heavy atom. The molecule has 1 aromatic carbocycles. The molecule has 0 spiro atoms. The summed E-state index contributed by atoms with van der Waals surface area (Å²) >= 11 is 0. The predicted molar refractivity (Wildman–Crippen MR) is 72.3 cm³/mol. The monoisotopic (exact) mass is 292 g/mol. The number of nitrogens with two attached hydrogens (primary N) is 1. The third kappa shape index (κ3) is 3.26. The average Bonchev–Trinajstić information content (AvgIpc) is 2.97. The Balaban J connectivity index is 2.26. The molecule has 0 fully saturated rings. The summed E-state index contributed by atoms with van der Waals surface area (Å²) in [6.45, 7) is 0.164. The van der Waals surface area contributed by atoms with E-state index in [1.807, 2.05) is 0 Å². The second-order valence-electron chi connectivity index (χ2n) is 4.11. The van der Waals surface area contributed by atoms with Crippen LogP contribution in [0.4, 0.5) is 10.1 Å². The zero-order chi connectivity index (χ0) is 15.4. The van der Waals surface area contributed by atoms with Crippen molar-refractivity contribution in [1.29, 1.82) is 0 Å². The van der Waals surface area contributed by atoms with Gasteiger partial charge in [0, 0.05) is 0 Å². The second-order valence-corrected chi connectivity index (χ2v) is 4.11. The van der Waals surface area contributed by atoms with Crippen molar-refractivity contribution < 1.29 is 23.1 Å². The molecule has 0 bridgehead atoms. The number of halogens is 1. The minimum absolute atomic E-state index is 0.0376. The fourth-order valence-electron chi connectivity index (χ4n) is 1.70. The normalized spacial score (nSPS) is 10.2. The number of benzene rings is 1. The van der Waals surface area contributed by atoms with Crippen molar-refractivity contribution in [3.8, 4) is 0 Å². The smallest absolute Gasteiger partial charge is 0.340 e. The summed E-state index contributed by atoms with van der Waals surface area (Å²) in [5.41, 5.74) is 5.42. The molecule has 0 atom stereocenters. The Hall–Kier alpha value is -2.67. The summed E-state index contributed by atoms with van der Waals surface area (Å²) in [4.78, 5) is 23.6. The van der Waals surface area contributed by atoms with Crippen molar-refractivity contribution in [2.24, 2.45) is 5.73 Å². The first-order valence-electron chi connectivity index (χ1n) is 6.03. The molecule has 0 aliphatic heterocycles. The molecule has 0 radical (unpaired) electrons. The van der Waals surface area contributed by atoms with Crippen LogP contribution in [0, 0.1) is 5.82 Å². The maximum atomic E-state index is 13.2. The molecule has 1 heterocycles. The number of rotatable bonds is 4. The van der Waals surface area contributed by atoms with Crippen molar-refractivity contribution in [2.45, 2.75) is 6.54 Å². The minimum atomic E-state index is -0.758. The highest BCUT2D eigenvalue weighted by molar-refractivity contribution is 6.06. The van der Waals surface area contributed by atoms with Gasteiger partial charge in [-0.1, -0.05) is 0 Å². The number of furan rings is 1. The number of ether oxygens (including phenoxy) is 1. The van der Waals surface area contributed by atoms with Gasteiger partial charge in [0.2, 0.25) is 0 Å². The lowest BCUT2D eigenvalue weighted by Crippen LogP contribution is -2.15. The van der Waals surface area contributed by atoms with Crippen LogP contribution in [0.25, 0.3) is 0 Å². The van der Waals surface area contributed by atoms with Gasteiger partial charge in [-0.05, 0) is 30.3 Å². The Morgan fingerprint density at radius 1 is 1.33 bits per heavy atom. The van der Waals surface area contributed by atoms with Gasteiger partial charge in [-0.25, -0.2) is 9.18 Å². The van der Waals surface area contributed by atoms with E-state index in [4.69, 9.17) is 10.2 Å². The van der Waals surface area contributed by atoms with Crippen molar-refractivity contribution >= 4 is 17.6 Å². The molecule has 1 aromatic heterocycles. The standard InChI is InChI=1S/C14H13FN2O4/c1-20-14(19)10-6-8(15)2-4-11(10)17-13(18)12-5-3-9(7-16)21-12/h2-6H,7,16H2,1H3,(H,17,18). The maximum absolute atomic E-state index is 13.2. The van der Waals surface area contributed by atoms with E-state index >= 15 is 0 Å². The summed E-state index contributed by atoms with van der Waals surface area (Å²) in [5.74, 6) is -1.46. The molecule has 1 amide bonds. The van der Waals surface area contributed by atoms with Gasteiger partial charge >= 0.3 is 5.97 Å². The number of esters is 1. The molecule has 0 aliphatic rings. The van der Waals surface area contributed by atoms with E-state index in [-0.39, 0.29) is 23.6 Å². The molecule has 3 N–H and O–H groups in total. The van der Waals surface area contributed by atoms with Crippen LogP contribution in [0.2, 0.25) is 0 Å². The van der Waals surface area contributed by atoms with Crippen LogP contribution in [0.1, 0.15) is 26.7 Å². The van der Waals surface area contributed by atoms with E-state index in [1.165, 1.54) is 19.2 Å². The van der Waals surface area contributed by atoms with Gasteiger partial charge in [0.25, 0.3) is 5.91 Å². The second kappa shape index (κ2) is 6.19. The molecule has 7 heteroatoms.